The molecule has 7 nitrogen and oxygen atoms in total. The predicted octanol–water partition coefficient (Wildman–Crippen LogP) is 5.14. The van der Waals surface area contributed by atoms with Crippen molar-refractivity contribution in [1.29, 1.82) is 0 Å². The molecule has 0 radical (unpaired) electrons. The third-order valence-electron chi connectivity index (χ3n) is 5.92. The SMILES string of the molecule is O=C(O)N1CCC(c2ccc(Nc3nc4c(-c5ccc(F)cc5)cccn4n3)cc2)CC1. The highest BCUT2D eigenvalue weighted by Gasteiger charge is 2.23. The van der Waals surface area contributed by atoms with E-state index in [0.717, 1.165) is 29.7 Å². The second kappa shape index (κ2) is 8.30. The number of amides is 1. The maximum absolute atomic E-state index is 13.3. The van der Waals surface area contributed by atoms with Crippen LogP contribution >= 0.6 is 0 Å². The highest BCUT2D eigenvalue weighted by atomic mass is 19.1. The van der Waals surface area contributed by atoms with E-state index in [2.05, 4.69) is 27.5 Å². The van der Waals surface area contributed by atoms with Crippen LogP contribution in [0.25, 0.3) is 16.8 Å². The number of carboxylic acid groups (broad SMARTS) is 1. The van der Waals surface area contributed by atoms with E-state index in [0.29, 0.717) is 30.6 Å². The van der Waals surface area contributed by atoms with E-state index in [4.69, 9.17) is 5.11 Å². The van der Waals surface area contributed by atoms with E-state index < -0.39 is 6.09 Å². The molecule has 2 aromatic carbocycles. The minimum absolute atomic E-state index is 0.277. The van der Waals surface area contributed by atoms with E-state index in [9.17, 15) is 9.18 Å². The van der Waals surface area contributed by atoms with Gasteiger partial charge in [0.15, 0.2) is 5.65 Å². The molecular weight excluding hydrogens is 409 g/mol. The molecule has 1 saturated heterocycles. The van der Waals surface area contributed by atoms with E-state index in [1.165, 1.54) is 22.6 Å². The van der Waals surface area contributed by atoms with E-state index in [-0.39, 0.29) is 5.82 Å². The molecule has 0 unspecified atom stereocenters. The van der Waals surface area contributed by atoms with Gasteiger partial charge in [-0.05, 0) is 66.3 Å². The number of benzene rings is 2. The van der Waals surface area contributed by atoms with E-state index in [1.54, 1.807) is 16.6 Å². The second-order valence-electron chi connectivity index (χ2n) is 7.92. The van der Waals surface area contributed by atoms with Gasteiger partial charge in [0, 0.05) is 30.5 Å². The van der Waals surface area contributed by atoms with Gasteiger partial charge >= 0.3 is 6.09 Å². The van der Waals surface area contributed by atoms with Gasteiger partial charge in [0.2, 0.25) is 5.95 Å². The van der Waals surface area contributed by atoms with Crippen LogP contribution in [0.4, 0.5) is 20.8 Å². The van der Waals surface area contributed by atoms with Crippen LogP contribution in [0.15, 0.2) is 66.9 Å². The number of pyridine rings is 1. The molecule has 1 aliphatic heterocycles. The molecule has 0 atom stereocenters. The lowest BCUT2D eigenvalue weighted by molar-refractivity contribution is 0.132. The third-order valence-corrected chi connectivity index (χ3v) is 5.92. The second-order valence-corrected chi connectivity index (χ2v) is 7.92. The molecular formula is C24H22FN5O2. The standard InChI is InChI=1S/C24H22FN5O2/c25-19-7-3-18(4-8-19)21-2-1-13-30-22(21)27-23(28-30)26-20-9-5-16(6-10-20)17-11-14-29(15-12-17)24(31)32/h1-10,13,17H,11-12,14-15H2,(H,26,28)(H,31,32). The quantitative estimate of drug-likeness (QED) is 0.468. The van der Waals surface area contributed by atoms with Crippen molar-refractivity contribution >= 4 is 23.4 Å². The highest BCUT2D eigenvalue weighted by Crippen LogP contribution is 2.30. The molecule has 0 spiro atoms. The Hall–Kier alpha value is -3.94. The topological polar surface area (TPSA) is 82.8 Å². The first-order valence-electron chi connectivity index (χ1n) is 10.5. The number of nitrogens with zero attached hydrogens (tertiary/aromatic N) is 4. The first-order valence-corrected chi connectivity index (χ1v) is 10.5. The van der Waals surface area contributed by atoms with Gasteiger partial charge in [0.1, 0.15) is 5.82 Å². The fraction of sp³-hybridized carbons (Fsp3) is 0.208. The van der Waals surface area contributed by atoms with Crippen LogP contribution in [-0.4, -0.2) is 43.8 Å². The minimum atomic E-state index is -0.842. The average molecular weight is 431 g/mol. The van der Waals surface area contributed by atoms with Gasteiger partial charge in [-0.2, -0.15) is 4.98 Å². The van der Waals surface area contributed by atoms with Crippen molar-refractivity contribution in [1.82, 2.24) is 19.5 Å². The number of likely N-dealkylation sites (tertiary alicyclic amines) is 1. The molecule has 4 aromatic rings. The lowest BCUT2D eigenvalue weighted by Crippen LogP contribution is -2.36. The molecule has 1 amide bonds. The summed E-state index contributed by atoms with van der Waals surface area (Å²) in [7, 11) is 0. The van der Waals surface area contributed by atoms with Crippen molar-refractivity contribution in [2.24, 2.45) is 0 Å². The highest BCUT2D eigenvalue weighted by molar-refractivity contribution is 5.78. The van der Waals surface area contributed by atoms with E-state index in [1.807, 2.05) is 30.5 Å². The van der Waals surface area contributed by atoms with Crippen LogP contribution in [0, 0.1) is 5.82 Å². The van der Waals surface area contributed by atoms with Crippen LogP contribution in [0.3, 0.4) is 0 Å². The van der Waals surface area contributed by atoms with Gasteiger partial charge in [-0.25, -0.2) is 13.7 Å². The zero-order valence-electron chi connectivity index (χ0n) is 17.3. The maximum Gasteiger partial charge on any atom is 0.407 e. The van der Waals surface area contributed by atoms with Gasteiger partial charge in [-0.15, -0.1) is 5.10 Å². The van der Waals surface area contributed by atoms with Gasteiger partial charge in [-0.3, -0.25) is 0 Å². The largest absolute Gasteiger partial charge is 0.465 e. The van der Waals surface area contributed by atoms with Crippen LogP contribution in [0.2, 0.25) is 0 Å². The van der Waals surface area contributed by atoms with Crippen LogP contribution in [-0.2, 0) is 0 Å². The number of carbonyl (C=O) groups is 1. The molecule has 1 fully saturated rings. The summed E-state index contributed by atoms with van der Waals surface area (Å²) in [5.41, 5.74) is 4.51. The number of aromatic nitrogens is 3. The summed E-state index contributed by atoms with van der Waals surface area (Å²) in [6, 6.07) is 18.3. The Kier molecular flexibility index (Phi) is 5.18. The molecule has 1 aliphatic rings. The summed E-state index contributed by atoms with van der Waals surface area (Å²) >= 11 is 0. The Balaban J connectivity index is 1.32. The van der Waals surface area contributed by atoms with Crippen molar-refractivity contribution < 1.29 is 14.3 Å². The Morgan fingerprint density at radius 3 is 2.44 bits per heavy atom. The number of halogens is 1. The normalized spacial score (nSPS) is 14.6. The zero-order valence-corrected chi connectivity index (χ0v) is 17.3. The molecule has 32 heavy (non-hydrogen) atoms. The lowest BCUT2D eigenvalue weighted by atomic mass is 9.89. The number of hydrogen-bond donors (Lipinski definition) is 2. The van der Waals surface area contributed by atoms with Crippen molar-refractivity contribution in [2.75, 3.05) is 18.4 Å². The van der Waals surface area contributed by atoms with Crippen molar-refractivity contribution in [2.45, 2.75) is 18.8 Å². The summed E-state index contributed by atoms with van der Waals surface area (Å²) < 4.78 is 15.0. The summed E-state index contributed by atoms with van der Waals surface area (Å²) in [6.45, 7) is 1.14. The van der Waals surface area contributed by atoms with Gasteiger partial charge in [-0.1, -0.05) is 24.3 Å². The van der Waals surface area contributed by atoms with Gasteiger partial charge in [0.25, 0.3) is 0 Å². The fourth-order valence-corrected chi connectivity index (χ4v) is 4.19. The van der Waals surface area contributed by atoms with Crippen molar-refractivity contribution in [3.05, 3.63) is 78.2 Å². The molecule has 5 rings (SSSR count). The average Bonchev–Trinajstić information content (AvgIpc) is 3.23. The molecule has 2 aromatic heterocycles. The number of rotatable bonds is 4. The molecule has 8 heteroatoms. The Morgan fingerprint density at radius 2 is 1.75 bits per heavy atom. The first-order chi connectivity index (χ1) is 15.6. The summed E-state index contributed by atoms with van der Waals surface area (Å²) in [4.78, 5) is 17.2. The van der Waals surface area contributed by atoms with Crippen LogP contribution in [0.5, 0.6) is 0 Å². The molecule has 3 heterocycles. The number of fused-ring (bicyclic) bond motifs is 1. The first kappa shape index (κ1) is 20.0. The van der Waals surface area contributed by atoms with Crippen LogP contribution in [0.1, 0.15) is 24.3 Å². The summed E-state index contributed by atoms with van der Waals surface area (Å²) in [6.07, 6.45) is 2.65. The minimum Gasteiger partial charge on any atom is -0.465 e. The monoisotopic (exact) mass is 431 g/mol. The predicted molar refractivity (Wildman–Crippen MR) is 120 cm³/mol. The molecule has 0 aliphatic carbocycles. The molecule has 162 valence electrons. The Labute approximate surface area is 184 Å². The van der Waals surface area contributed by atoms with Gasteiger partial charge < -0.3 is 15.3 Å². The Morgan fingerprint density at radius 1 is 1.03 bits per heavy atom. The summed E-state index contributed by atoms with van der Waals surface area (Å²) in [5.74, 6) is 0.564. The molecule has 0 saturated carbocycles. The Bertz CT molecular complexity index is 1250. The third kappa shape index (κ3) is 3.99. The van der Waals surface area contributed by atoms with Crippen LogP contribution < -0.4 is 5.32 Å². The van der Waals surface area contributed by atoms with Crippen molar-refractivity contribution in [3.8, 4) is 11.1 Å². The number of hydrogen-bond acceptors (Lipinski definition) is 4. The van der Waals surface area contributed by atoms with Gasteiger partial charge in [0.05, 0.1) is 0 Å². The molecule has 2 N–H and O–H groups in total. The van der Waals surface area contributed by atoms with E-state index >= 15 is 0 Å². The zero-order chi connectivity index (χ0) is 22.1. The maximum atomic E-state index is 13.3. The number of piperidine rings is 1. The summed E-state index contributed by atoms with van der Waals surface area (Å²) in [5, 5.41) is 16.9. The van der Waals surface area contributed by atoms with Crippen molar-refractivity contribution in [3.63, 3.8) is 0 Å². The fourth-order valence-electron chi connectivity index (χ4n) is 4.19. The number of anilines is 2. The number of nitrogens with one attached hydrogen (secondary N) is 1. The lowest BCUT2D eigenvalue weighted by Gasteiger charge is -2.30. The smallest absolute Gasteiger partial charge is 0.407 e. The molecule has 0 bridgehead atoms.